The van der Waals surface area contributed by atoms with E-state index in [1.165, 1.54) is 0 Å². The molecule has 7 heteroatoms. The molecule has 3 rings (SSSR count). The van der Waals surface area contributed by atoms with Gasteiger partial charge in [-0.2, -0.15) is 0 Å². The Kier molecular flexibility index (Phi) is 5.46. The number of anilines is 2. The Balaban J connectivity index is 1.85. The number of aromatic nitrogens is 2. The van der Waals surface area contributed by atoms with Crippen molar-refractivity contribution in [1.82, 2.24) is 19.8 Å². The van der Waals surface area contributed by atoms with Crippen LogP contribution in [0, 0.1) is 6.92 Å². The summed E-state index contributed by atoms with van der Waals surface area (Å²) in [5.41, 5.74) is 2.12. The number of nitrogens with zero attached hydrogens (tertiary/aromatic N) is 5. The molecule has 0 bridgehead atoms. The summed E-state index contributed by atoms with van der Waals surface area (Å²) >= 11 is 0. The summed E-state index contributed by atoms with van der Waals surface area (Å²) < 4.78 is 0. The van der Waals surface area contributed by atoms with E-state index in [-0.39, 0.29) is 5.91 Å². The van der Waals surface area contributed by atoms with Crippen LogP contribution in [0.25, 0.3) is 0 Å². The minimum atomic E-state index is -0.119. The molecule has 1 aliphatic rings. The topological polar surface area (TPSA) is 69.6 Å². The normalized spacial score (nSPS) is 14.2. The first-order chi connectivity index (χ1) is 12.6. The largest absolute Gasteiger partial charge is 0.342 e. The standard InChI is InChI=1S/C19H23N5O2/c1-3-24(16-7-5-4-6-8-16)19-20-15(2)13-17(21-19)18(26)23-11-9-22(14-25)10-12-23/h4-8,13-14H,3,9-12H2,1-2H3. The van der Waals surface area contributed by atoms with Gasteiger partial charge in [0, 0.05) is 44.1 Å². The van der Waals surface area contributed by atoms with Gasteiger partial charge >= 0.3 is 0 Å². The van der Waals surface area contributed by atoms with E-state index >= 15 is 0 Å². The van der Waals surface area contributed by atoms with Crippen LogP contribution < -0.4 is 4.90 Å². The fourth-order valence-corrected chi connectivity index (χ4v) is 3.02. The van der Waals surface area contributed by atoms with Crippen molar-refractivity contribution < 1.29 is 9.59 Å². The van der Waals surface area contributed by atoms with Gasteiger partial charge in [0.15, 0.2) is 0 Å². The maximum atomic E-state index is 12.9. The van der Waals surface area contributed by atoms with Crippen LogP contribution in [0.1, 0.15) is 23.1 Å². The van der Waals surface area contributed by atoms with Crippen molar-refractivity contribution in [2.45, 2.75) is 13.8 Å². The zero-order valence-electron chi connectivity index (χ0n) is 15.1. The molecule has 0 saturated carbocycles. The molecule has 1 saturated heterocycles. The number of hydrogen-bond acceptors (Lipinski definition) is 5. The van der Waals surface area contributed by atoms with Gasteiger partial charge in [-0.05, 0) is 32.0 Å². The van der Waals surface area contributed by atoms with Gasteiger partial charge in [0.25, 0.3) is 5.91 Å². The zero-order chi connectivity index (χ0) is 18.5. The number of piperazine rings is 1. The van der Waals surface area contributed by atoms with Crippen LogP contribution in [-0.4, -0.2) is 64.8 Å². The van der Waals surface area contributed by atoms with Crippen molar-refractivity contribution in [3.63, 3.8) is 0 Å². The molecule has 136 valence electrons. The SMILES string of the molecule is CCN(c1ccccc1)c1nc(C)cc(C(=O)N2CCN(C=O)CC2)n1. The molecule has 2 heterocycles. The first-order valence-corrected chi connectivity index (χ1v) is 8.79. The van der Waals surface area contributed by atoms with Gasteiger partial charge in [-0.25, -0.2) is 9.97 Å². The molecule has 7 nitrogen and oxygen atoms in total. The third-order valence-corrected chi connectivity index (χ3v) is 4.44. The van der Waals surface area contributed by atoms with Crippen LogP contribution >= 0.6 is 0 Å². The van der Waals surface area contributed by atoms with Gasteiger partial charge in [0.2, 0.25) is 12.4 Å². The highest BCUT2D eigenvalue weighted by Gasteiger charge is 2.24. The summed E-state index contributed by atoms with van der Waals surface area (Å²) in [6, 6.07) is 11.6. The predicted molar refractivity (Wildman–Crippen MR) is 99.4 cm³/mol. The number of carbonyl (C=O) groups excluding carboxylic acids is 2. The van der Waals surface area contributed by atoms with Crippen molar-refractivity contribution in [3.05, 3.63) is 47.8 Å². The molecule has 1 aliphatic heterocycles. The number of hydrogen-bond donors (Lipinski definition) is 0. The fourth-order valence-electron chi connectivity index (χ4n) is 3.02. The number of aryl methyl sites for hydroxylation is 1. The summed E-state index contributed by atoms with van der Waals surface area (Å²) in [6.07, 6.45) is 0.827. The summed E-state index contributed by atoms with van der Waals surface area (Å²) in [6.45, 7) is 6.73. The summed E-state index contributed by atoms with van der Waals surface area (Å²) in [5, 5.41) is 0. The van der Waals surface area contributed by atoms with E-state index in [2.05, 4.69) is 9.97 Å². The molecule has 1 fully saturated rings. The zero-order valence-corrected chi connectivity index (χ0v) is 15.1. The lowest BCUT2D eigenvalue weighted by Gasteiger charge is -2.32. The Hall–Kier alpha value is -2.96. The lowest BCUT2D eigenvalue weighted by Crippen LogP contribution is -2.48. The molecule has 26 heavy (non-hydrogen) atoms. The quantitative estimate of drug-likeness (QED) is 0.768. The number of amides is 2. The number of carbonyl (C=O) groups is 2. The highest BCUT2D eigenvalue weighted by molar-refractivity contribution is 5.93. The first-order valence-electron chi connectivity index (χ1n) is 8.79. The number of rotatable bonds is 5. The molecule has 0 atom stereocenters. The molecular weight excluding hydrogens is 330 g/mol. The molecule has 2 aromatic rings. The third-order valence-electron chi connectivity index (χ3n) is 4.44. The minimum Gasteiger partial charge on any atom is -0.342 e. The van der Waals surface area contributed by atoms with E-state index in [4.69, 9.17) is 0 Å². The average molecular weight is 353 g/mol. The van der Waals surface area contributed by atoms with Crippen LogP contribution in [0.5, 0.6) is 0 Å². The van der Waals surface area contributed by atoms with E-state index in [1.807, 2.05) is 49.1 Å². The second-order valence-corrected chi connectivity index (χ2v) is 6.21. The highest BCUT2D eigenvalue weighted by Crippen LogP contribution is 2.22. The monoisotopic (exact) mass is 353 g/mol. The lowest BCUT2D eigenvalue weighted by atomic mass is 10.2. The summed E-state index contributed by atoms with van der Waals surface area (Å²) in [5.74, 6) is 0.403. The summed E-state index contributed by atoms with van der Waals surface area (Å²) in [7, 11) is 0. The van der Waals surface area contributed by atoms with Crippen LogP contribution in [0.15, 0.2) is 36.4 Å². The van der Waals surface area contributed by atoms with Crippen LogP contribution in [-0.2, 0) is 4.79 Å². The smallest absolute Gasteiger partial charge is 0.272 e. The van der Waals surface area contributed by atoms with Crippen molar-refractivity contribution in [2.75, 3.05) is 37.6 Å². The van der Waals surface area contributed by atoms with Gasteiger partial charge < -0.3 is 14.7 Å². The van der Waals surface area contributed by atoms with Gasteiger partial charge in [-0.3, -0.25) is 9.59 Å². The maximum Gasteiger partial charge on any atom is 0.272 e. The molecule has 0 radical (unpaired) electrons. The van der Waals surface area contributed by atoms with Gasteiger partial charge in [0.05, 0.1) is 0 Å². The molecule has 1 aromatic carbocycles. The maximum absolute atomic E-state index is 12.9. The minimum absolute atomic E-state index is 0.119. The van der Waals surface area contributed by atoms with Crippen molar-refractivity contribution in [1.29, 1.82) is 0 Å². The van der Waals surface area contributed by atoms with Gasteiger partial charge in [-0.1, -0.05) is 18.2 Å². The molecule has 1 aromatic heterocycles. The van der Waals surface area contributed by atoms with Crippen LogP contribution in [0.3, 0.4) is 0 Å². The Labute approximate surface area is 153 Å². The fraction of sp³-hybridized carbons (Fsp3) is 0.368. The van der Waals surface area contributed by atoms with Crippen molar-refractivity contribution in [2.24, 2.45) is 0 Å². The third kappa shape index (κ3) is 3.82. The summed E-state index contributed by atoms with van der Waals surface area (Å²) in [4.78, 5) is 38.1. The molecule has 0 N–H and O–H groups in total. The Morgan fingerprint density at radius 3 is 2.46 bits per heavy atom. The molecule has 0 unspecified atom stereocenters. The van der Waals surface area contributed by atoms with E-state index in [1.54, 1.807) is 15.9 Å². The molecule has 0 spiro atoms. The van der Waals surface area contributed by atoms with Crippen molar-refractivity contribution in [3.8, 4) is 0 Å². The highest BCUT2D eigenvalue weighted by atomic mass is 16.2. The van der Waals surface area contributed by atoms with E-state index in [9.17, 15) is 9.59 Å². The van der Waals surface area contributed by atoms with Crippen molar-refractivity contribution >= 4 is 24.0 Å². The Morgan fingerprint density at radius 1 is 1.15 bits per heavy atom. The first kappa shape index (κ1) is 17.8. The number of para-hydroxylation sites is 1. The molecule has 2 amide bonds. The van der Waals surface area contributed by atoms with E-state index in [0.29, 0.717) is 44.4 Å². The van der Waals surface area contributed by atoms with Gasteiger partial charge in [-0.15, -0.1) is 0 Å². The second kappa shape index (κ2) is 7.95. The number of benzene rings is 1. The van der Waals surface area contributed by atoms with E-state index < -0.39 is 0 Å². The average Bonchev–Trinajstić information content (AvgIpc) is 2.68. The second-order valence-electron chi connectivity index (χ2n) is 6.21. The lowest BCUT2D eigenvalue weighted by molar-refractivity contribution is -0.119. The Bertz CT molecular complexity index is 773. The van der Waals surface area contributed by atoms with Crippen LogP contribution in [0.4, 0.5) is 11.6 Å². The molecular formula is C19H23N5O2. The van der Waals surface area contributed by atoms with Crippen LogP contribution in [0.2, 0.25) is 0 Å². The molecule has 0 aliphatic carbocycles. The Morgan fingerprint density at radius 2 is 1.85 bits per heavy atom. The van der Waals surface area contributed by atoms with Gasteiger partial charge in [0.1, 0.15) is 5.69 Å². The van der Waals surface area contributed by atoms with E-state index in [0.717, 1.165) is 17.8 Å². The predicted octanol–water partition coefficient (Wildman–Crippen LogP) is 1.86.